The summed E-state index contributed by atoms with van der Waals surface area (Å²) >= 11 is 0. The second-order valence-electron chi connectivity index (χ2n) is 2.67. The molecular weight excluding hydrogens is 164 g/mol. The zero-order chi connectivity index (χ0) is 9.10. The highest BCUT2D eigenvalue weighted by molar-refractivity contribution is 5.38. The Kier molecular flexibility index (Phi) is 2.00. The van der Waals surface area contributed by atoms with E-state index in [4.69, 9.17) is 4.74 Å². The van der Waals surface area contributed by atoms with Gasteiger partial charge in [0.1, 0.15) is 5.75 Å². The lowest BCUT2D eigenvalue weighted by Gasteiger charge is -2.03. The van der Waals surface area contributed by atoms with Crippen molar-refractivity contribution in [3.63, 3.8) is 0 Å². The van der Waals surface area contributed by atoms with Gasteiger partial charge in [0.05, 0.1) is 19.1 Å². The molecule has 0 unspecified atom stereocenters. The predicted molar refractivity (Wildman–Crippen MR) is 50.1 cm³/mol. The fraction of sp³-hybridized carbons (Fsp3) is 0.100. The zero-order valence-corrected chi connectivity index (χ0v) is 7.34. The van der Waals surface area contributed by atoms with Crippen LogP contribution in [0.1, 0.15) is 0 Å². The first-order valence-corrected chi connectivity index (χ1v) is 4.02. The highest BCUT2D eigenvalue weighted by atomic mass is 16.5. The first-order valence-electron chi connectivity index (χ1n) is 4.02. The molecule has 0 saturated carbocycles. The topological polar surface area (TPSA) is 27.1 Å². The number of hydrogen-bond donors (Lipinski definition) is 0. The number of nitrogens with zero attached hydrogens (tertiary/aromatic N) is 2. The van der Waals surface area contributed by atoms with E-state index in [0.717, 1.165) is 11.4 Å². The van der Waals surface area contributed by atoms with Crippen LogP contribution in [0, 0.1) is 0 Å². The molecule has 0 aliphatic rings. The standard InChI is InChI=1S/C10H10N2O/c1-13-10-4-2-3-9(7-10)12-6-5-11-8-12/h2-8H,1H3. The lowest BCUT2D eigenvalue weighted by molar-refractivity contribution is 0.414. The van der Waals surface area contributed by atoms with Crippen molar-refractivity contribution in [1.29, 1.82) is 0 Å². The largest absolute Gasteiger partial charge is 0.497 e. The number of methoxy groups -OCH3 is 1. The van der Waals surface area contributed by atoms with Gasteiger partial charge in [0.2, 0.25) is 0 Å². The molecule has 13 heavy (non-hydrogen) atoms. The summed E-state index contributed by atoms with van der Waals surface area (Å²) in [6, 6.07) is 7.83. The van der Waals surface area contributed by atoms with Gasteiger partial charge in [-0.2, -0.15) is 0 Å². The van der Waals surface area contributed by atoms with Gasteiger partial charge in [0, 0.05) is 18.5 Å². The minimum absolute atomic E-state index is 0.853. The summed E-state index contributed by atoms with van der Waals surface area (Å²) in [5.41, 5.74) is 1.05. The van der Waals surface area contributed by atoms with E-state index in [1.807, 2.05) is 35.0 Å². The van der Waals surface area contributed by atoms with Gasteiger partial charge in [0.25, 0.3) is 0 Å². The van der Waals surface area contributed by atoms with Gasteiger partial charge >= 0.3 is 0 Å². The molecule has 0 amide bonds. The van der Waals surface area contributed by atoms with Gasteiger partial charge in [-0.25, -0.2) is 4.98 Å². The smallest absolute Gasteiger partial charge is 0.120 e. The normalized spacial score (nSPS) is 9.92. The molecule has 1 aromatic heterocycles. The van der Waals surface area contributed by atoms with Gasteiger partial charge in [-0.3, -0.25) is 0 Å². The van der Waals surface area contributed by atoms with Crippen LogP contribution in [0.3, 0.4) is 0 Å². The fourth-order valence-electron chi connectivity index (χ4n) is 1.18. The molecule has 0 radical (unpaired) electrons. The Labute approximate surface area is 76.6 Å². The highest BCUT2D eigenvalue weighted by Gasteiger charge is 1.96. The van der Waals surface area contributed by atoms with Crippen LogP contribution in [0.15, 0.2) is 43.0 Å². The molecule has 0 aliphatic heterocycles. The molecule has 1 aromatic carbocycles. The molecule has 3 nitrogen and oxygen atoms in total. The number of aromatic nitrogens is 2. The van der Waals surface area contributed by atoms with Gasteiger partial charge < -0.3 is 9.30 Å². The van der Waals surface area contributed by atoms with E-state index in [2.05, 4.69) is 4.98 Å². The Morgan fingerprint density at radius 1 is 1.38 bits per heavy atom. The molecule has 0 saturated heterocycles. The van der Waals surface area contributed by atoms with Gasteiger partial charge in [-0.05, 0) is 12.1 Å². The molecule has 0 atom stereocenters. The summed E-state index contributed by atoms with van der Waals surface area (Å²) in [5, 5.41) is 0. The van der Waals surface area contributed by atoms with Crippen molar-refractivity contribution in [3.8, 4) is 11.4 Å². The summed E-state index contributed by atoms with van der Waals surface area (Å²) in [4.78, 5) is 3.98. The van der Waals surface area contributed by atoms with Gasteiger partial charge in [0.15, 0.2) is 0 Å². The van der Waals surface area contributed by atoms with Crippen molar-refractivity contribution >= 4 is 0 Å². The van der Waals surface area contributed by atoms with Crippen molar-refractivity contribution < 1.29 is 4.74 Å². The molecule has 0 aliphatic carbocycles. The van der Waals surface area contributed by atoms with Crippen LogP contribution >= 0.6 is 0 Å². The van der Waals surface area contributed by atoms with Gasteiger partial charge in [-0.15, -0.1) is 0 Å². The molecule has 0 fully saturated rings. The van der Waals surface area contributed by atoms with Crippen LogP contribution in [0.2, 0.25) is 0 Å². The summed E-state index contributed by atoms with van der Waals surface area (Å²) in [5.74, 6) is 0.853. The Morgan fingerprint density at radius 2 is 2.31 bits per heavy atom. The first kappa shape index (κ1) is 7.86. The summed E-state index contributed by atoms with van der Waals surface area (Å²) in [6.07, 6.45) is 5.41. The Balaban J connectivity index is 2.41. The van der Waals surface area contributed by atoms with Crippen molar-refractivity contribution in [1.82, 2.24) is 9.55 Å². The molecular formula is C10H10N2O. The molecule has 2 rings (SSSR count). The number of hydrogen-bond acceptors (Lipinski definition) is 2. The summed E-state index contributed by atoms with van der Waals surface area (Å²) in [7, 11) is 1.66. The maximum Gasteiger partial charge on any atom is 0.120 e. The van der Waals surface area contributed by atoms with Crippen LogP contribution in [-0.2, 0) is 0 Å². The van der Waals surface area contributed by atoms with Gasteiger partial charge in [-0.1, -0.05) is 6.07 Å². The number of imidazole rings is 1. The molecule has 0 N–H and O–H groups in total. The maximum atomic E-state index is 5.12. The minimum Gasteiger partial charge on any atom is -0.497 e. The van der Waals surface area contributed by atoms with Crippen LogP contribution in [0.25, 0.3) is 5.69 Å². The fourth-order valence-corrected chi connectivity index (χ4v) is 1.18. The quantitative estimate of drug-likeness (QED) is 0.695. The predicted octanol–water partition coefficient (Wildman–Crippen LogP) is 1.88. The lowest BCUT2D eigenvalue weighted by Crippen LogP contribution is -1.90. The molecule has 1 heterocycles. The summed E-state index contributed by atoms with van der Waals surface area (Å²) < 4.78 is 7.05. The van der Waals surface area contributed by atoms with Crippen LogP contribution in [0.4, 0.5) is 0 Å². The third kappa shape index (κ3) is 1.54. The number of ether oxygens (including phenoxy) is 1. The molecule has 0 bridgehead atoms. The average Bonchev–Trinajstić information content (AvgIpc) is 2.71. The number of rotatable bonds is 2. The van der Waals surface area contributed by atoms with E-state index in [1.165, 1.54) is 0 Å². The second-order valence-corrected chi connectivity index (χ2v) is 2.67. The third-order valence-corrected chi connectivity index (χ3v) is 1.86. The highest BCUT2D eigenvalue weighted by Crippen LogP contribution is 2.15. The number of benzene rings is 1. The van der Waals surface area contributed by atoms with Crippen LogP contribution < -0.4 is 4.74 Å². The molecule has 66 valence electrons. The average molecular weight is 174 g/mol. The monoisotopic (exact) mass is 174 g/mol. The van der Waals surface area contributed by atoms with E-state index >= 15 is 0 Å². The molecule has 0 spiro atoms. The Bertz CT molecular complexity index is 382. The van der Waals surface area contributed by atoms with E-state index in [9.17, 15) is 0 Å². The van der Waals surface area contributed by atoms with Crippen molar-refractivity contribution in [2.75, 3.05) is 7.11 Å². The Hall–Kier alpha value is -1.77. The lowest BCUT2D eigenvalue weighted by atomic mass is 10.3. The Morgan fingerprint density at radius 3 is 3.00 bits per heavy atom. The van der Waals surface area contributed by atoms with E-state index in [-0.39, 0.29) is 0 Å². The SMILES string of the molecule is COc1cccc(-n2ccnc2)c1. The maximum absolute atomic E-state index is 5.12. The van der Waals surface area contributed by atoms with E-state index in [0.29, 0.717) is 0 Å². The third-order valence-electron chi connectivity index (χ3n) is 1.86. The zero-order valence-electron chi connectivity index (χ0n) is 7.34. The summed E-state index contributed by atoms with van der Waals surface area (Å²) in [6.45, 7) is 0. The van der Waals surface area contributed by atoms with Crippen LogP contribution in [0.5, 0.6) is 5.75 Å². The van der Waals surface area contributed by atoms with E-state index in [1.54, 1.807) is 19.6 Å². The van der Waals surface area contributed by atoms with Crippen molar-refractivity contribution in [2.45, 2.75) is 0 Å². The van der Waals surface area contributed by atoms with E-state index < -0.39 is 0 Å². The van der Waals surface area contributed by atoms with Crippen molar-refractivity contribution in [3.05, 3.63) is 43.0 Å². The van der Waals surface area contributed by atoms with Crippen LogP contribution in [-0.4, -0.2) is 16.7 Å². The second kappa shape index (κ2) is 3.31. The molecule has 2 aromatic rings. The van der Waals surface area contributed by atoms with Crippen molar-refractivity contribution in [2.24, 2.45) is 0 Å². The molecule has 3 heteroatoms. The first-order chi connectivity index (χ1) is 6.40. The minimum atomic E-state index is 0.853.